The molecular weight excluding hydrogens is 555 g/mol. The van der Waals surface area contributed by atoms with Gasteiger partial charge in [-0.15, -0.1) is 0 Å². The average Bonchev–Trinajstić information content (AvgIpc) is 3.40. The molecule has 1 aromatic heterocycles. The molecule has 0 saturated carbocycles. The fourth-order valence-electron chi connectivity index (χ4n) is 6.20. The first-order valence-corrected chi connectivity index (χ1v) is 16.2. The van der Waals surface area contributed by atoms with Gasteiger partial charge in [-0.05, 0) is 93.2 Å². The number of rotatable bonds is 7. The Morgan fingerprint density at radius 2 is 1.71 bits per heavy atom. The van der Waals surface area contributed by atoms with Gasteiger partial charge in [-0.3, -0.25) is 9.59 Å². The number of sulfone groups is 1. The number of aromatic amines is 1. The van der Waals surface area contributed by atoms with Crippen molar-refractivity contribution in [3.63, 3.8) is 0 Å². The molecule has 0 spiro atoms. The number of nitrogens with one attached hydrogen (secondary N) is 2. The van der Waals surface area contributed by atoms with Crippen LogP contribution >= 0.6 is 0 Å². The van der Waals surface area contributed by atoms with Crippen LogP contribution in [0.2, 0.25) is 0 Å². The molecule has 8 nitrogen and oxygen atoms in total. The lowest BCUT2D eigenvalue weighted by atomic mass is 10.0. The largest absolute Gasteiger partial charge is 0.358 e. The van der Waals surface area contributed by atoms with E-state index in [1.807, 2.05) is 11.8 Å². The molecule has 3 aromatic rings. The highest BCUT2D eigenvalue weighted by atomic mass is 32.2. The highest BCUT2D eigenvalue weighted by Crippen LogP contribution is 2.36. The summed E-state index contributed by atoms with van der Waals surface area (Å²) >= 11 is 0. The minimum Gasteiger partial charge on any atom is -0.358 e. The van der Waals surface area contributed by atoms with E-state index in [4.69, 9.17) is 0 Å². The average molecular weight is 591 g/mol. The van der Waals surface area contributed by atoms with Crippen LogP contribution in [0.3, 0.4) is 0 Å². The number of hydrogen-bond donors (Lipinski definition) is 2. The Morgan fingerprint density at radius 3 is 2.48 bits per heavy atom. The molecule has 2 amide bonds. The highest BCUT2D eigenvalue weighted by Gasteiger charge is 2.30. The molecule has 10 heteroatoms. The van der Waals surface area contributed by atoms with Gasteiger partial charge in [-0.2, -0.15) is 0 Å². The molecule has 1 saturated heterocycles. The van der Waals surface area contributed by atoms with Crippen molar-refractivity contribution in [1.82, 2.24) is 14.8 Å². The second kappa shape index (κ2) is 11.5. The van der Waals surface area contributed by atoms with Crippen LogP contribution in [0.15, 0.2) is 47.4 Å². The Hall–Kier alpha value is -3.76. The first-order valence-electron chi connectivity index (χ1n) is 14.6. The van der Waals surface area contributed by atoms with Crippen molar-refractivity contribution < 1.29 is 22.4 Å². The summed E-state index contributed by atoms with van der Waals surface area (Å²) in [4.78, 5) is 34.6. The summed E-state index contributed by atoms with van der Waals surface area (Å²) in [6.45, 7) is 6.37. The predicted octanol–water partition coefficient (Wildman–Crippen LogP) is 4.80. The van der Waals surface area contributed by atoms with Crippen molar-refractivity contribution >= 4 is 39.0 Å². The minimum absolute atomic E-state index is 0.0170. The fraction of sp³-hybridized carbons (Fsp3) is 0.375. The number of likely N-dealkylation sites (tertiary alicyclic amines) is 1. The van der Waals surface area contributed by atoms with Crippen LogP contribution in [0.4, 0.5) is 10.1 Å². The van der Waals surface area contributed by atoms with E-state index in [2.05, 4.69) is 15.2 Å². The number of fused-ring (bicyclic) bond motifs is 2. The molecule has 220 valence electrons. The van der Waals surface area contributed by atoms with E-state index in [9.17, 15) is 22.4 Å². The smallest absolute Gasteiger partial charge is 0.256 e. The van der Waals surface area contributed by atoms with Gasteiger partial charge in [0.15, 0.2) is 9.84 Å². The Balaban J connectivity index is 1.27. The van der Waals surface area contributed by atoms with E-state index in [1.165, 1.54) is 55.7 Å². The predicted molar refractivity (Wildman–Crippen MR) is 160 cm³/mol. The number of carbonyl (C=O) groups excluding carboxylic acids is 2. The lowest BCUT2D eigenvalue weighted by Gasteiger charge is -2.29. The van der Waals surface area contributed by atoms with Crippen LogP contribution in [-0.4, -0.2) is 67.7 Å². The van der Waals surface area contributed by atoms with Crippen molar-refractivity contribution in [1.29, 1.82) is 0 Å². The van der Waals surface area contributed by atoms with Gasteiger partial charge < -0.3 is 20.1 Å². The van der Waals surface area contributed by atoms with E-state index in [1.54, 1.807) is 12.1 Å². The van der Waals surface area contributed by atoms with Crippen LogP contribution in [0.1, 0.15) is 64.1 Å². The lowest BCUT2D eigenvalue weighted by molar-refractivity contribution is -0.110. The third-order valence-corrected chi connectivity index (χ3v) is 10.2. The van der Waals surface area contributed by atoms with Gasteiger partial charge in [-0.1, -0.05) is 18.6 Å². The molecule has 6 rings (SSSR count). The topological polar surface area (TPSA) is 103 Å². The normalized spacial score (nSPS) is 18.6. The van der Waals surface area contributed by atoms with E-state index < -0.39 is 15.7 Å². The van der Waals surface area contributed by atoms with E-state index in [0.717, 1.165) is 50.3 Å². The quantitative estimate of drug-likeness (QED) is 0.385. The van der Waals surface area contributed by atoms with E-state index in [0.29, 0.717) is 40.2 Å². The summed E-state index contributed by atoms with van der Waals surface area (Å²) < 4.78 is 39.7. The zero-order valence-electron chi connectivity index (χ0n) is 23.7. The lowest BCUT2D eigenvalue weighted by Crippen LogP contribution is -2.40. The van der Waals surface area contributed by atoms with E-state index >= 15 is 0 Å². The molecule has 4 heterocycles. The van der Waals surface area contributed by atoms with Gasteiger partial charge in [0.25, 0.3) is 11.8 Å². The molecule has 2 aromatic carbocycles. The van der Waals surface area contributed by atoms with Gasteiger partial charge in [0.2, 0.25) is 0 Å². The zero-order valence-corrected chi connectivity index (χ0v) is 24.5. The number of aryl methyl sites for hydroxylation is 1. The molecular formula is C32H35FN4O4S. The van der Waals surface area contributed by atoms with Crippen LogP contribution < -0.4 is 5.32 Å². The standard InChI is InChI=1S/C32H35FN4O4S/c1-21-29(34-28-6-5-15-37(32(39)30(21)28)17-16-36-13-3-2-4-14-36)19-26-25-18-24(11-12-27(25)35-31(26)38)42(40,41)20-22-7-9-23(33)10-8-22/h7-12,18-19,34H,2-6,13-17,20H2,1H3,(H,35,38). The van der Waals surface area contributed by atoms with Crippen LogP contribution in [0.5, 0.6) is 0 Å². The Morgan fingerprint density at radius 1 is 0.952 bits per heavy atom. The maximum Gasteiger partial charge on any atom is 0.256 e. The van der Waals surface area contributed by atoms with Crippen LogP contribution in [-0.2, 0) is 26.8 Å². The summed E-state index contributed by atoms with van der Waals surface area (Å²) in [6.07, 6.45) is 7.01. The summed E-state index contributed by atoms with van der Waals surface area (Å²) in [6, 6.07) is 9.93. The highest BCUT2D eigenvalue weighted by molar-refractivity contribution is 7.90. The molecule has 3 aliphatic rings. The zero-order chi connectivity index (χ0) is 29.4. The first kappa shape index (κ1) is 28.4. The first-order chi connectivity index (χ1) is 20.2. The van der Waals surface area contributed by atoms with E-state index in [-0.39, 0.29) is 22.5 Å². The summed E-state index contributed by atoms with van der Waals surface area (Å²) in [5, 5.41) is 2.82. The van der Waals surface area contributed by atoms with Crippen LogP contribution in [0, 0.1) is 12.7 Å². The Labute approximate surface area is 245 Å². The van der Waals surface area contributed by atoms with Crippen molar-refractivity contribution in [2.75, 3.05) is 38.0 Å². The number of aromatic nitrogens is 1. The summed E-state index contributed by atoms with van der Waals surface area (Å²) in [7, 11) is -3.75. The second-order valence-corrected chi connectivity index (χ2v) is 13.4. The Kier molecular flexibility index (Phi) is 7.76. The fourth-order valence-corrected chi connectivity index (χ4v) is 7.57. The maximum atomic E-state index is 13.7. The summed E-state index contributed by atoms with van der Waals surface area (Å²) in [5.41, 5.74) is 4.82. The Bertz CT molecular complexity index is 1670. The molecule has 3 aliphatic heterocycles. The SMILES string of the molecule is Cc1c(C=C2C(=O)Nc3ccc(S(=O)(=O)Cc4ccc(F)cc4)cc32)[nH]c2c1C(=O)N(CCN1CCCCC1)CCC2. The monoisotopic (exact) mass is 590 g/mol. The van der Waals surface area contributed by atoms with Gasteiger partial charge in [0, 0.05) is 42.3 Å². The molecule has 0 unspecified atom stereocenters. The third-order valence-electron chi connectivity index (χ3n) is 8.55. The number of nitrogens with zero attached hydrogens (tertiary/aromatic N) is 2. The number of piperidine rings is 1. The molecule has 42 heavy (non-hydrogen) atoms. The number of carbonyl (C=O) groups is 2. The van der Waals surface area contributed by atoms with Gasteiger partial charge >= 0.3 is 0 Å². The second-order valence-electron chi connectivity index (χ2n) is 11.4. The van der Waals surface area contributed by atoms with Crippen LogP contribution in [0.25, 0.3) is 11.6 Å². The van der Waals surface area contributed by atoms with Crippen molar-refractivity contribution in [3.05, 3.63) is 81.9 Å². The molecule has 1 fully saturated rings. The molecule has 0 radical (unpaired) electrons. The van der Waals surface area contributed by atoms with Gasteiger partial charge in [-0.25, -0.2) is 12.8 Å². The number of halogens is 1. The number of anilines is 1. The van der Waals surface area contributed by atoms with Gasteiger partial charge in [0.1, 0.15) is 5.82 Å². The van der Waals surface area contributed by atoms with Crippen molar-refractivity contribution in [2.45, 2.75) is 49.7 Å². The third kappa shape index (κ3) is 5.65. The number of hydrogen-bond acceptors (Lipinski definition) is 5. The molecule has 2 N–H and O–H groups in total. The van der Waals surface area contributed by atoms with Gasteiger partial charge in [0.05, 0.1) is 21.8 Å². The number of amides is 2. The van der Waals surface area contributed by atoms with Crippen molar-refractivity contribution in [2.24, 2.45) is 0 Å². The number of H-pyrrole nitrogens is 1. The van der Waals surface area contributed by atoms with Crippen molar-refractivity contribution in [3.8, 4) is 0 Å². The summed E-state index contributed by atoms with van der Waals surface area (Å²) in [5.74, 6) is -1.04. The molecule has 0 atom stereocenters. The molecule has 0 aliphatic carbocycles. The molecule has 0 bridgehead atoms. The number of benzene rings is 2. The maximum absolute atomic E-state index is 13.7. The minimum atomic E-state index is -3.75.